The molecule has 0 aromatic heterocycles. The molecule has 0 aliphatic heterocycles. The first-order chi connectivity index (χ1) is 12.1. The summed E-state index contributed by atoms with van der Waals surface area (Å²) in [4.78, 5) is 0. The average Bonchev–Trinajstić information content (AvgIpc) is 2.62. The third-order valence-electron chi connectivity index (χ3n) is 4.62. The highest BCUT2D eigenvalue weighted by molar-refractivity contribution is 5.44. The molecule has 1 atom stereocenters. The lowest BCUT2D eigenvalue weighted by molar-refractivity contribution is 0.288. The summed E-state index contributed by atoms with van der Waals surface area (Å²) in [5.41, 5.74) is 11.2. The minimum atomic E-state index is 0.303. The molecular weight excluding hydrogens is 310 g/mol. The van der Waals surface area contributed by atoms with Crippen molar-refractivity contribution < 1.29 is 9.47 Å². The van der Waals surface area contributed by atoms with E-state index in [1.807, 2.05) is 6.07 Å². The minimum Gasteiger partial charge on any atom is -0.493 e. The van der Waals surface area contributed by atoms with Gasteiger partial charge in [-0.15, -0.1) is 0 Å². The van der Waals surface area contributed by atoms with E-state index in [4.69, 9.17) is 15.2 Å². The number of nitrogens with two attached hydrogens (primary N) is 1. The number of rotatable bonds is 9. The molecule has 3 nitrogen and oxygen atoms in total. The van der Waals surface area contributed by atoms with Gasteiger partial charge in [0, 0.05) is 5.92 Å². The molecule has 3 heteroatoms. The Balaban J connectivity index is 2.22. The molecule has 0 fully saturated rings. The van der Waals surface area contributed by atoms with E-state index in [1.54, 1.807) is 7.11 Å². The summed E-state index contributed by atoms with van der Waals surface area (Å²) in [6.45, 7) is 7.79. The summed E-state index contributed by atoms with van der Waals surface area (Å²) in [5, 5.41) is 0. The van der Waals surface area contributed by atoms with Gasteiger partial charge in [0.1, 0.15) is 0 Å². The fraction of sp³-hybridized carbons (Fsp3) is 0.455. The van der Waals surface area contributed by atoms with Gasteiger partial charge < -0.3 is 15.2 Å². The first-order valence-corrected chi connectivity index (χ1v) is 9.16. The molecule has 0 saturated carbocycles. The fourth-order valence-corrected chi connectivity index (χ4v) is 3.09. The van der Waals surface area contributed by atoms with E-state index in [2.05, 4.69) is 51.1 Å². The lowest BCUT2D eigenvalue weighted by Gasteiger charge is -2.19. The molecule has 136 valence electrons. The second-order valence-corrected chi connectivity index (χ2v) is 6.68. The molecule has 0 radical (unpaired) electrons. The van der Waals surface area contributed by atoms with Crippen LogP contribution in [0.25, 0.3) is 0 Å². The average molecular weight is 341 g/mol. The summed E-state index contributed by atoms with van der Waals surface area (Å²) in [6.07, 6.45) is 3.06. The standard InChI is InChI=1S/C22H31NO2/c1-5-6-11-25-22-14-18(9-10-21(22)24-4)13-19(15-23)20-12-16(2)7-8-17(20)3/h7-10,12,14,19H,5-6,11,13,15,23H2,1-4H3. The van der Waals surface area contributed by atoms with Gasteiger partial charge in [-0.25, -0.2) is 0 Å². The van der Waals surface area contributed by atoms with Crippen molar-refractivity contribution in [2.45, 2.75) is 46.0 Å². The summed E-state index contributed by atoms with van der Waals surface area (Å²) >= 11 is 0. The highest BCUT2D eigenvalue weighted by Gasteiger charge is 2.15. The van der Waals surface area contributed by atoms with Crippen LogP contribution in [-0.2, 0) is 6.42 Å². The molecule has 0 saturated heterocycles. The van der Waals surface area contributed by atoms with Crippen LogP contribution >= 0.6 is 0 Å². The molecule has 0 amide bonds. The van der Waals surface area contributed by atoms with E-state index >= 15 is 0 Å². The van der Waals surface area contributed by atoms with E-state index in [0.29, 0.717) is 19.1 Å². The molecule has 2 aromatic carbocycles. The van der Waals surface area contributed by atoms with Crippen LogP contribution in [0, 0.1) is 13.8 Å². The van der Waals surface area contributed by atoms with Crippen molar-refractivity contribution in [1.29, 1.82) is 0 Å². The summed E-state index contributed by atoms with van der Waals surface area (Å²) < 4.78 is 11.3. The highest BCUT2D eigenvalue weighted by Crippen LogP contribution is 2.31. The fourth-order valence-electron chi connectivity index (χ4n) is 3.09. The number of ether oxygens (including phenoxy) is 2. The Labute approximate surface area is 152 Å². The van der Waals surface area contributed by atoms with Crippen LogP contribution < -0.4 is 15.2 Å². The minimum absolute atomic E-state index is 0.303. The van der Waals surface area contributed by atoms with Crippen molar-refractivity contribution in [2.75, 3.05) is 20.3 Å². The maximum absolute atomic E-state index is 6.11. The topological polar surface area (TPSA) is 44.5 Å². The first kappa shape index (κ1) is 19.3. The number of benzene rings is 2. The van der Waals surface area contributed by atoms with Crippen LogP contribution in [0.2, 0.25) is 0 Å². The maximum atomic E-state index is 6.11. The predicted molar refractivity (Wildman–Crippen MR) is 105 cm³/mol. The van der Waals surface area contributed by atoms with Gasteiger partial charge >= 0.3 is 0 Å². The molecule has 0 bridgehead atoms. The van der Waals surface area contributed by atoms with Gasteiger partial charge in [0.15, 0.2) is 11.5 Å². The van der Waals surface area contributed by atoms with Crippen molar-refractivity contribution in [3.63, 3.8) is 0 Å². The van der Waals surface area contributed by atoms with Crippen molar-refractivity contribution in [3.05, 3.63) is 58.7 Å². The number of hydrogen-bond donors (Lipinski definition) is 1. The van der Waals surface area contributed by atoms with E-state index in [1.165, 1.54) is 22.3 Å². The smallest absolute Gasteiger partial charge is 0.161 e. The van der Waals surface area contributed by atoms with E-state index in [-0.39, 0.29) is 0 Å². The molecule has 0 heterocycles. The zero-order valence-corrected chi connectivity index (χ0v) is 16.0. The van der Waals surface area contributed by atoms with Crippen LogP contribution in [0.5, 0.6) is 11.5 Å². The van der Waals surface area contributed by atoms with E-state index in [0.717, 1.165) is 30.8 Å². The van der Waals surface area contributed by atoms with Crippen LogP contribution in [0.3, 0.4) is 0 Å². The van der Waals surface area contributed by atoms with Crippen LogP contribution in [0.15, 0.2) is 36.4 Å². The Morgan fingerprint density at radius 1 is 1.04 bits per heavy atom. The van der Waals surface area contributed by atoms with E-state index < -0.39 is 0 Å². The SMILES string of the molecule is CCCCOc1cc(CC(CN)c2cc(C)ccc2C)ccc1OC. The third-order valence-corrected chi connectivity index (χ3v) is 4.62. The predicted octanol–water partition coefficient (Wildman–Crippen LogP) is 4.78. The van der Waals surface area contributed by atoms with Crippen molar-refractivity contribution in [2.24, 2.45) is 5.73 Å². The number of hydrogen-bond acceptors (Lipinski definition) is 3. The van der Waals surface area contributed by atoms with Crippen LogP contribution in [0.4, 0.5) is 0 Å². The van der Waals surface area contributed by atoms with E-state index in [9.17, 15) is 0 Å². The number of unbranched alkanes of at least 4 members (excludes halogenated alkanes) is 1. The third kappa shape index (κ3) is 5.23. The molecule has 0 spiro atoms. The monoisotopic (exact) mass is 341 g/mol. The lowest BCUT2D eigenvalue weighted by atomic mass is 9.88. The Bertz CT molecular complexity index is 682. The molecular formula is C22H31NO2. The summed E-state index contributed by atoms with van der Waals surface area (Å²) in [5.74, 6) is 1.91. The Hall–Kier alpha value is -2.00. The van der Waals surface area contributed by atoms with Gasteiger partial charge in [-0.2, -0.15) is 0 Å². The molecule has 1 unspecified atom stereocenters. The largest absolute Gasteiger partial charge is 0.493 e. The molecule has 2 aromatic rings. The van der Waals surface area contributed by atoms with Gasteiger partial charge in [0.25, 0.3) is 0 Å². The summed E-state index contributed by atoms with van der Waals surface area (Å²) in [6, 6.07) is 12.8. The van der Waals surface area contributed by atoms with Crippen LogP contribution in [0.1, 0.15) is 47.9 Å². The normalized spacial score (nSPS) is 12.0. The second kappa shape index (κ2) is 9.47. The molecule has 25 heavy (non-hydrogen) atoms. The maximum Gasteiger partial charge on any atom is 0.161 e. The van der Waals surface area contributed by atoms with Crippen LogP contribution in [-0.4, -0.2) is 20.3 Å². The van der Waals surface area contributed by atoms with Gasteiger partial charge in [0.2, 0.25) is 0 Å². The Kier molecular flexibility index (Phi) is 7.32. The van der Waals surface area contributed by atoms with Gasteiger partial charge in [-0.05, 0) is 62.1 Å². The molecule has 0 aliphatic carbocycles. The Morgan fingerprint density at radius 3 is 2.52 bits per heavy atom. The van der Waals surface area contributed by atoms with Gasteiger partial charge in [-0.3, -0.25) is 0 Å². The van der Waals surface area contributed by atoms with Gasteiger partial charge in [-0.1, -0.05) is 43.2 Å². The van der Waals surface area contributed by atoms with Crippen molar-refractivity contribution >= 4 is 0 Å². The number of methoxy groups -OCH3 is 1. The second-order valence-electron chi connectivity index (χ2n) is 6.68. The number of aryl methyl sites for hydroxylation is 2. The quantitative estimate of drug-likeness (QED) is 0.668. The highest BCUT2D eigenvalue weighted by atomic mass is 16.5. The summed E-state index contributed by atoms with van der Waals surface area (Å²) in [7, 11) is 1.68. The van der Waals surface area contributed by atoms with Gasteiger partial charge in [0.05, 0.1) is 13.7 Å². The van der Waals surface area contributed by atoms with Crippen molar-refractivity contribution in [3.8, 4) is 11.5 Å². The molecule has 2 rings (SSSR count). The molecule has 0 aliphatic rings. The van der Waals surface area contributed by atoms with Crippen molar-refractivity contribution in [1.82, 2.24) is 0 Å². The zero-order valence-electron chi connectivity index (χ0n) is 16.0. The zero-order chi connectivity index (χ0) is 18.2. The Morgan fingerprint density at radius 2 is 1.84 bits per heavy atom. The first-order valence-electron chi connectivity index (χ1n) is 9.16. The lowest BCUT2D eigenvalue weighted by Crippen LogP contribution is -2.16. The molecule has 2 N–H and O–H groups in total.